The zero-order valence-electron chi connectivity index (χ0n) is 23.5. The number of imidazole rings is 1. The summed E-state index contributed by atoms with van der Waals surface area (Å²) in [5.41, 5.74) is 6.66. The second-order valence-corrected chi connectivity index (χ2v) is 11.3. The Hall–Kier alpha value is -3.29. The number of ether oxygens (including phenoxy) is 3. The first-order valence-corrected chi connectivity index (χ1v) is 15.1. The lowest BCUT2D eigenvalue weighted by molar-refractivity contribution is -0.145. The van der Waals surface area contributed by atoms with E-state index >= 15 is 0 Å². The van der Waals surface area contributed by atoms with Crippen molar-refractivity contribution in [1.82, 2.24) is 24.6 Å². The number of fused-ring (bicyclic) bond motifs is 1. The summed E-state index contributed by atoms with van der Waals surface area (Å²) >= 11 is 0. The number of nitrogen functional groups attached to an aromatic ring is 1. The van der Waals surface area contributed by atoms with E-state index in [0.717, 1.165) is 6.42 Å². The Balaban J connectivity index is 1.50. The summed E-state index contributed by atoms with van der Waals surface area (Å²) in [6, 6.07) is 7.41. The van der Waals surface area contributed by atoms with Gasteiger partial charge in [0.1, 0.15) is 24.1 Å². The number of benzene rings is 1. The maximum atomic E-state index is 13.8. The minimum Gasteiger partial charge on any atom is -0.476 e. The number of nitrogens with zero attached hydrogens (tertiary/aromatic N) is 4. The number of anilines is 1. The molecular formula is C26H37N6O8P. The first kappa shape index (κ1) is 30.7. The minimum absolute atomic E-state index is 0.00111. The van der Waals surface area contributed by atoms with Crippen molar-refractivity contribution in [3.05, 3.63) is 36.7 Å². The number of para-hydroxylation sites is 1. The maximum absolute atomic E-state index is 13.8. The van der Waals surface area contributed by atoms with Crippen molar-refractivity contribution < 1.29 is 37.7 Å². The summed E-state index contributed by atoms with van der Waals surface area (Å²) in [6.07, 6.45) is 0.460. The first-order valence-electron chi connectivity index (χ1n) is 13.6. The number of aliphatic hydroxyl groups is 1. The molecule has 0 radical (unpaired) electrons. The van der Waals surface area contributed by atoms with E-state index in [2.05, 4.69) is 20.0 Å². The van der Waals surface area contributed by atoms with Crippen molar-refractivity contribution in [2.75, 3.05) is 25.6 Å². The van der Waals surface area contributed by atoms with E-state index in [1.165, 1.54) is 13.3 Å². The number of aliphatic hydroxyl groups excluding tert-OH is 1. The molecule has 6 unspecified atom stereocenters. The molecule has 3 aromatic rings. The maximum Gasteiger partial charge on any atom is 0.459 e. The lowest BCUT2D eigenvalue weighted by Gasteiger charge is -2.24. The molecule has 15 heteroatoms. The third kappa shape index (κ3) is 7.32. The molecule has 4 N–H and O–H groups in total. The van der Waals surface area contributed by atoms with E-state index in [1.54, 1.807) is 41.8 Å². The van der Waals surface area contributed by atoms with Gasteiger partial charge in [0.15, 0.2) is 11.2 Å². The molecule has 1 fully saturated rings. The minimum atomic E-state index is -4.14. The Morgan fingerprint density at radius 3 is 2.73 bits per heavy atom. The summed E-state index contributed by atoms with van der Waals surface area (Å²) in [7, 11) is -4.14. The molecule has 3 heterocycles. The van der Waals surface area contributed by atoms with E-state index in [1.807, 2.05) is 13.8 Å². The fraction of sp³-hybridized carbons (Fsp3) is 0.538. The fourth-order valence-corrected chi connectivity index (χ4v) is 5.79. The summed E-state index contributed by atoms with van der Waals surface area (Å²) in [5.74, 6) is -0.526. The van der Waals surface area contributed by atoms with Crippen LogP contribution >= 0.6 is 7.75 Å². The molecule has 1 saturated heterocycles. The average molecular weight is 593 g/mol. The molecule has 14 nitrogen and oxygen atoms in total. The third-order valence-electron chi connectivity index (χ3n) is 6.47. The van der Waals surface area contributed by atoms with Crippen molar-refractivity contribution in [3.8, 4) is 11.6 Å². The second-order valence-electron chi connectivity index (χ2n) is 9.63. The molecule has 4 rings (SSSR count). The summed E-state index contributed by atoms with van der Waals surface area (Å²) < 4.78 is 43.8. The van der Waals surface area contributed by atoms with E-state index in [-0.39, 0.29) is 30.8 Å². The van der Waals surface area contributed by atoms with Crippen LogP contribution in [-0.2, 0) is 23.4 Å². The number of hydrogen-bond donors (Lipinski definition) is 3. The van der Waals surface area contributed by atoms with Crippen molar-refractivity contribution in [2.24, 2.45) is 5.92 Å². The predicted octanol–water partition coefficient (Wildman–Crippen LogP) is 3.23. The third-order valence-corrected chi connectivity index (χ3v) is 8.11. The van der Waals surface area contributed by atoms with Gasteiger partial charge in [0.05, 0.1) is 32.3 Å². The molecule has 0 amide bonds. The van der Waals surface area contributed by atoms with Crippen LogP contribution in [0.25, 0.3) is 11.2 Å². The number of rotatable bonds is 14. The summed E-state index contributed by atoms with van der Waals surface area (Å²) in [4.78, 5) is 25.2. The number of hydrogen-bond acceptors (Lipinski definition) is 12. The smallest absolute Gasteiger partial charge is 0.459 e. The SMILES string of the molecule is CCCCOC(=O)C(C)NP(=O)(OCC1OC(n2cnc3c(OCC)nc(N)nc32)C(C)C1O)Oc1ccccc1. The van der Waals surface area contributed by atoms with Crippen molar-refractivity contribution in [2.45, 2.75) is 65.0 Å². The van der Waals surface area contributed by atoms with Gasteiger partial charge in [0, 0.05) is 5.92 Å². The zero-order valence-corrected chi connectivity index (χ0v) is 24.4. The molecule has 0 aliphatic carbocycles. The van der Waals surface area contributed by atoms with Crippen LogP contribution in [-0.4, -0.2) is 68.7 Å². The van der Waals surface area contributed by atoms with Crippen LogP contribution in [0.2, 0.25) is 0 Å². The average Bonchev–Trinajstić information content (AvgIpc) is 3.48. The van der Waals surface area contributed by atoms with Crippen LogP contribution in [0.3, 0.4) is 0 Å². The molecule has 1 aromatic carbocycles. The summed E-state index contributed by atoms with van der Waals surface area (Å²) in [5, 5.41) is 13.7. The highest BCUT2D eigenvalue weighted by Gasteiger charge is 2.44. The Morgan fingerprint density at radius 1 is 1.27 bits per heavy atom. The highest BCUT2D eigenvalue weighted by Crippen LogP contribution is 2.46. The van der Waals surface area contributed by atoms with Gasteiger partial charge in [0.25, 0.3) is 0 Å². The standard InChI is InChI=1S/C26H37N6O8P/c1-5-7-13-37-25(34)17(4)31-41(35,40-18-11-9-8-10-12-18)38-14-19-21(33)16(3)24(39-19)32-15-28-20-22(32)29-26(27)30-23(20)36-6-2/h8-12,15-17,19,21,24,33H,5-7,13-14H2,1-4H3,(H,31,35)(H2,27,29,30). The van der Waals surface area contributed by atoms with E-state index in [4.69, 9.17) is 29.0 Å². The molecule has 0 saturated carbocycles. The molecular weight excluding hydrogens is 555 g/mol. The van der Waals surface area contributed by atoms with Gasteiger partial charge in [-0.15, -0.1) is 0 Å². The fourth-order valence-electron chi connectivity index (χ4n) is 4.29. The van der Waals surface area contributed by atoms with Gasteiger partial charge in [-0.1, -0.05) is 38.5 Å². The van der Waals surface area contributed by atoms with Crippen molar-refractivity contribution >= 4 is 30.8 Å². The van der Waals surface area contributed by atoms with Crippen LogP contribution in [0.4, 0.5) is 5.95 Å². The van der Waals surface area contributed by atoms with Crippen LogP contribution in [0.15, 0.2) is 36.7 Å². The molecule has 41 heavy (non-hydrogen) atoms. The number of esters is 1. The molecule has 0 spiro atoms. The van der Waals surface area contributed by atoms with Gasteiger partial charge >= 0.3 is 13.7 Å². The Kier molecular flexibility index (Phi) is 10.2. The summed E-state index contributed by atoms with van der Waals surface area (Å²) in [6.45, 7) is 7.39. The Morgan fingerprint density at radius 2 is 2.02 bits per heavy atom. The highest BCUT2D eigenvalue weighted by atomic mass is 31.2. The number of aromatic nitrogens is 4. The normalized spacial score (nSPS) is 22.8. The number of carbonyl (C=O) groups is 1. The monoisotopic (exact) mass is 592 g/mol. The largest absolute Gasteiger partial charge is 0.476 e. The molecule has 0 bridgehead atoms. The predicted molar refractivity (Wildman–Crippen MR) is 149 cm³/mol. The van der Waals surface area contributed by atoms with Gasteiger partial charge < -0.3 is 29.6 Å². The number of unbranched alkanes of at least 4 members (excludes halogenated alkanes) is 1. The zero-order chi connectivity index (χ0) is 29.6. The number of nitrogens with two attached hydrogens (primary N) is 1. The highest BCUT2D eigenvalue weighted by molar-refractivity contribution is 7.52. The topological polar surface area (TPSA) is 182 Å². The second kappa shape index (κ2) is 13.6. The lowest BCUT2D eigenvalue weighted by atomic mass is 10.0. The van der Waals surface area contributed by atoms with Gasteiger partial charge in [-0.25, -0.2) is 9.55 Å². The quantitative estimate of drug-likeness (QED) is 0.141. The van der Waals surface area contributed by atoms with Gasteiger partial charge in [-0.2, -0.15) is 15.1 Å². The van der Waals surface area contributed by atoms with E-state index < -0.39 is 44.1 Å². The van der Waals surface area contributed by atoms with Gasteiger partial charge in [-0.05, 0) is 32.4 Å². The van der Waals surface area contributed by atoms with E-state index in [9.17, 15) is 14.5 Å². The van der Waals surface area contributed by atoms with E-state index in [0.29, 0.717) is 24.2 Å². The number of nitrogens with one attached hydrogen (secondary N) is 1. The number of carbonyl (C=O) groups excluding carboxylic acids is 1. The molecule has 1 aliphatic heterocycles. The molecule has 1 aliphatic rings. The molecule has 6 atom stereocenters. The van der Waals surface area contributed by atoms with Crippen LogP contribution < -0.4 is 20.1 Å². The van der Waals surface area contributed by atoms with Gasteiger partial charge in [0.2, 0.25) is 11.8 Å². The van der Waals surface area contributed by atoms with Crippen molar-refractivity contribution in [1.29, 1.82) is 0 Å². The van der Waals surface area contributed by atoms with Crippen LogP contribution in [0, 0.1) is 5.92 Å². The lowest BCUT2D eigenvalue weighted by Crippen LogP contribution is -2.36. The Labute approximate surface area is 238 Å². The van der Waals surface area contributed by atoms with Crippen LogP contribution in [0.1, 0.15) is 46.8 Å². The Bertz CT molecular complexity index is 1360. The van der Waals surface area contributed by atoms with Gasteiger partial charge in [-0.3, -0.25) is 13.9 Å². The first-order chi connectivity index (χ1) is 19.7. The van der Waals surface area contributed by atoms with Crippen LogP contribution in [0.5, 0.6) is 11.6 Å². The van der Waals surface area contributed by atoms with Crippen molar-refractivity contribution in [3.63, 3.8) is 0 Å². The molecule has 2 aromatic heterocycles. The molecule has 224 valence electrons.